The quantitative estimate of drug-likeness (QED) is 0.774. The Bertz CT molecular complexity index is 948. The van der Waals surface area contributed by atoms with Crippen LogP contribution in [-0.4, -0.2) is 27.1 Å². The third-order valence-electron chi connectivity index (χ3n) is 4.80. The van der Waals surface area contributed by atoms with Crippen LogP contribution in [0.2, 0.25) is 0 Å². The fourth-order valence-electron chi connectivity index (χ4n) is 3.22. The van der Waals surface area contributed by atoms with Gasteiger partial charge in [-0.25, -0.2) is 0 Å². The number of carbonyl (C=O) groups excluding carboxylic acids is 1. The molecule has 0 atom stereocenters. The molecule has 1 aliphatic rings. The SMILES string of the molecule is Cc1ccc(C(=O)N2CCn3nc(COc4ccccc4)c(N)c3C2)cc1. The van der Waals surface area contributed by atoms with Crippen molar-refractivity contribution in [1.82, 2.24) is 14.7 Å². The summed E-state index contributed by atoms with van der Waals surface area (Å²) in [6.45, 7) is 4.01. The van der Waals surface area contributed by atoms with Crippen molar-refractivity contribution in [1.29, 1.82) is 0 Å². The van der Waals surface area contributed by atoms with Crippen molar-refractivity contribution in [3.05, 3.63) is 77.1 Å². The molecule has 0 spiro atoms. The van der Waals surface area contributed by atoms with Crippen LogP contribution in [0.4, 0.5) is 5.69 Å². The van der Waals surface area contributed by atoms with E-state index in [9.17, 15) is 4.79 Å². The average Bonchev–Trinajstić information content (AvgIpc) is 3.02. The van der Waals surface area contributed by atoms with Crippen LogP contribution in [0.25, 0.3) is 0 Å². The van der Waals surface area contributed by atoms with E-state index in [-0.39, 0.29) is 5.91 Å². The number of aryl methyl sites for hydroxylation is 1. The lowest BCUT2D eigenvalue weighted by atomic mass is 10.1. The molecule has 0 bridgehead atoms. The summed E-state index contributed by atoms with van der Waals surface area (Å²) in [6, 6.07) is 17.2. The van der Waals surface area contributed by atoms with E-state index in [4.69, 9.17) is 10.5 Å². The van der Waals surface area contributed by atoms with Crippen molar-refractivity contribution in [3.8, 4) is 5.75 Å². The minimum absolute atomic E-state index is 0.0175. The highest BCUT2D eigenvalue weighted by Gasteiger charge is 2.26. The van der Waals surface area contributed by atoms with Gasteiger partial charge in [-0.2, -0.15) is 5.10 Å². The van der Waals surface area contributed by atoms with Gasteiger partial charge in [0.05, 0.1) is 24.5 Å². The molecule has 0 saturated heterocycles. The van der Waals surface area contributed by atoms with Gasteiger partial charge in [-0.3, -0.25) is 9.48 Å². The van der Waals surface area contributed by atoms with E-state index in [0.29, 0.717) is 43.2 Å². The van der Waals surface area contributed by atoms with E-state index in [2.05, 4.69) is 5.10 Å². The second kappa shape index (κ2) is 7.15. The van der Waals surface area contributed by atoms with Crippen LogP contribution in [0.1, 0.15) is 27.3 Å². The topological polar surface area (TPSA) is 73.4 Å². The Kier molecular flexibility index (Phi) is 4.54. The summed E-state index contributed by atoms with van der Waals surface area (Å²) in [6.07, 6.45) is 0. The maximum atomic E-state index is 12.8. The number of benzene rings is 2. The van der Waals surface area contributed by atoms with Crippen molar-refractivity contribution in [2.75, 3.05) is 12.3 Å². The summed E-state index contributed by atoms with van der Waals surface area (Å²) in [7, 11) is 0. The van der Waals surface area contributed by atoms with Gasteiger partial charge in [0.15, 0.2) is 0 Å². The third kappa shape index (κ3) is 3.51. The normalized spacial score (nSPS) is 13.3. The molecule has 1 aromatic heterocycles. The number of aromatic nitrogens is 2. The van der Waals surface area contributed by atoms with Gasteiger partial charge in [0.2, 0.25) is 0 Å². The van der Waals surface area contributed by atoms with Crippen molar-refractivity contribution in [2.45, 2.75) is 26.6 Å². The molecule has 0 radical (unpaired) electrons. The lowest BCUT2D eigenvalue weighted by molar-refractivity contribution is 0.0706. The Balaban J connectivity index is 1.48. The molecule has 1 aliphatic heterocycles. The number of anilines is 1. The smallest absolute Gasteiger partial charge is 0.254 e. The van der Waals surface area contributed by atoms with Gasteiger partial charge >= 0.3 is 0 Å². The highest BCUT2D eigenvalue weighted by Crippen LogP contribution is 2.25. The zero-order valence-electron chi connectivity index (χ0n) is 15.3. The number of hydrogen-bond acceptors (Lipinski definition) is 4. The number of para-hydroxylation sites is 1. The van der Waals surface area contributed by atoms with Crippen molar-refractivity contribution < 1.29 is 9.53 Å². The number of rotatable bonds is 4. The minimum Gasteiger partial charge on any atom is -0.487 e. The van der Waals surface area contributed by atoms with E-state index < -0.39 is 0 Å². The molecule has 4 rings (SSSR count). The maximum Gasteiger partial charge on any atom is 0.254 e. The van der Waals surface area contributed by atoms with Gasteiger partial charge in [-0.15, -0.1) is 0 Å². The molecule has 0 unspecified atom stereocenters. The molecular formula is C21H22N4O2. The number of ether oxygens (including phenoxy) is 1. The standard InChI is InChI=1S/C21H22N4O2/c1-15-7-9-16(10-8-15)21(26)24-11-12-25-19(13-24)20(22)18(23-25)14-27-17-5-3-2-4-6-17/h2-10H,11-14,22H2,1H3. The number of fused-ring (bicyclic) bond motifs is 1. The van der Waals surface area contributed by atoms with Crippen molar-refractivity contribution in [3.63, 3.8) is 0 Å². The average molecular weight is 362 g/mol. The summed E-state index contributed by atoms with van der Waals surface area (Å²) in [5.41, 5.74) is 10.3. The second-order valence-corrected chi connectivity index (χ2v) is 6.72. The molecule has 6 nitrogen and oxygen atoms in total. The Labute approximate surface area is 158 Å². The molecule has 1 amide bonds. The van der Waals surface area contributed by atoms with Crippen LogP contribution in [0, 0.1) is 6.92 Å². The molecule has 3 aromatic rings. The largest absolute Gasteiger partial charge is 0.487 e. The van der Waals surface area contributed by atoms with Gasteiger partial charge < -0.3 is 15.4 Å². The Hall–Kier alpha value is -3.28. The second-order valence-electron chi connectivity index (χ2n) is 6.72. The van der Waals surface area contributed by atoms with E-state index >= 15 is 0 Å². The van der Waals surface area contributed by atoms with Crippen LogP contribution in [0.5, 0.6) is 5.75 Å². The highest BCUT2D eigenvalue weighted by molar-refractivity contribution is 5.94. The maximum absolute atomic E-state index is 12.8. The monoisotopic (exact) mass is 362 g/mol. The zero-order valence-corrected chi connectivity index (χ0v) is 15.3. The fraction of sp³-hybridized carbons (Fsp3) is 0.238. The van der Waals surface area contributed by atoms with Crippen LogP contribution >= 0.6 is 0 Å². The molecule has 27 heavy (non-hydrogen) atoms. The third-order valence-corrected chi connectivity index (χ3v) is 4.80. The van der Waals surface area contributed by atoms with Crippen LogP contribution in [0.3, 0.4) is 0 Å². The predicted octanol–water partition coefficient (Wildman–Crippen LogP) is 3.01. The van der Waals surface area contributed by atoms with Gasteiger partial charge in [0.25, 0.3) is 5.91 Å². The molecule has 0 aliphatic carbocycles. The van der Waals surface area contributed by atoms with Gasteiger partial charge in [-0.05, 0) is 31.2 Å². The first-order chi connectivity index (χ1) is 13.1. The van der Waals surface area contributed by atoms with E-state index in [1.54, 1.807) is 0 Å². The molecule has 138 valence electrons. The van der Waals surface area contributed by atoms with Gasteiger partial charge in [0, 0.05) is 12.1 Å². The Morgan fingerprint density at radius 2 is 1.85 bits per heavy atom. The van der Waals surface area contributed by atoms with E-state index in [1.807, 2.05) is 71.1 Å². The summed E-state index contributed by atoms with van der Waals surface area (Å²) in [4.78, 5) is 14.6. The number of hydrogen-bond donors (Lipinski definition) is 1. The Morgan fingerprint density at radius 3 is 2.59 bits per heavy atom. The predicted molar refractivity (Wildman–Crippen MR) is 103 cm³/mol. The van der Waals surface area contributed by atoms with Gasteiger partial charge in [0.1, 0.15) is 18.1 Å². The summed E-state index contributed by atoms with van der Waals surface area (Å²) in [5, 5.41) is 4.57. The number of nitrogen functional groups attached to an aromatic ring is 1. The molecule has 2 heterocycles. The van der Waals surface area contributed by atoms with Crippen molar-refractivity contribution in [2.24, 2.45) is 0 Å². The first-order valence-electron chi connectivity index (χ1n) is 8.99. The number of carbonyl (C=O) groups is 1. The summed E-state index contributed by atoms with van der Waals surface area (Å²) >= 11 is 0. The molecular weight excluding hydrogens is 340 g/mol. The minimum atomic E-state index is 0.0175. The van der Waals surface area contributed by atoms with E-state index in [1.165, 1.54) is 0 Å². The molecule has 2 N–H and O–H groups in total. The molecule has 0 saturated carbocycles. The highest BCUT2D eigenvalue weighted by atomic mass is 16.5. The lowest BCUT2D eigenvalue weighted by Gasteiger charge is -2.28. The summed E-state index contributed by atoms with van der Waals surface area (Å²) in [5.74, 6) is 0.794. The number of nitrogens with two attached hydrogens (primary N) is 1. The molecule has 2 aromatic carbocycles. The van der Waals surface area contributed by atoms with Crippen LogP contribution in [-0.2, 0) is 19.7 Å². The zero-order chi connectivity index (χ0) is 18.8. The lowest BCUT2D eigenvalue weighted by Crippen LogP contribution is -2.38. The first kappa shape index (κ1) is 17.1. The molecule has 6 heteroatoms. The van der Waals surface area contributed by atoms with Crippen LogP contribution < -0.4 is 10.5 Å². The van der Waals surface area contributed by atoms with Crippen molar-refractivity contribution >= 4 is 11.6 Å². The molecule has 0 fully saturated rings. The number of amides is 1. The first-order valence-corrected chi connectivity index (χ1v) is 8.99. The summed E-state index contributed by atoms with van der Waals surface area (Å²) < 4.78 is 7.66. The Morgan fingerprint density at radius 1 is 1.11 bits per heavy atom. The van der Waals surface area contributed by atoms with Crippen LogP contribution in [0.15, 0.2) is 54.6 Å². The van der Waals surface area contributed by atoms with Gasteiger partial charge in [-0.1, -0.05) is 35.9 Å². The number of nitrogens with zero attached hydrogens (tertiary/aromatic N) is 3. The fourth-order valence-corrected chi connectivity index (χ4v) is 3.22. The van der Waals surface area contributed by atoms with E-state index in [0.717, 1.165) is 17.0 Å².